The van der Waals surface area contributed by atoms with E-state index >= 15 is 0 Å². The van der Waals surface area contributed by atoms with Gasteiger partial charge in [-0.25, -0.2) is 59.8 Å². The number of fused-ring (bicyclic) bond motifs is 3. The number of rotatable bonds is 12. The average Bonchev–Trinajstić information content (AvgIpc) is 1.63. The first-order valence-electron chi connectivity index (χ1n) is 31.8. The highest BCUT2D eigenvalue weighted by Gasteiger charge is 2.36. The van der Waals surface area contributed by atoms with Crippen molar-refractivity contribution in [2.75, 3.05) is 0 Å². The molecule has 12 heterocycles. The van der Waals surface area contributed by atoms with E-state index in [2.05, 4.69) is 59.8 Å². The number of benzene rings is 6. The second kappa shape index (κ2) is 30.5. The number of aromatic nitrogens is 12. The van der Waals surface area contributed by atoms with E-state index < -0.39 is 70.4 Å². The fraction of sp³-hybridized carbons (Fsp3) is 0.0833. The SMILES string of the molecule is FC(F)(F)c1ccc(-c2ncc(-c3nc4sc(-c5cnc(-c6ccc(C(F)(F)F)cc6)s5)nc4s3)s2)cc1.FC(F)(F)c1ccc(-c2ncc(-c3nc4sc(-c5cnc(-c6ccc(C(F)(F)F)cc6)s5)nc4s3)s2)cc1.FC(F)(F)c1ccc(-c2ncc(-c3nc4sc(-c5cnc(-c6ccc(C(F)(F)F)cc6)s5)nc4s3)s2)cc1. The molecule has 0 atom stereocenters. The molecule has 42 heteroatoms. The molecular formula is C72H30F18N12S12. The van der Waals surface area contributed by atoms with Crippen LogP contribution in [-0.4, -0.2) is 59.8 Å². The molecule has 18 aromatic rings. The molecule has 0 aliphatic rings. The van der Waals surface area contributed by atoms with Gasteiger partial charge in [0.2, 0.25) is 0 Å². The van der Waals surface area contributed by atoms with Crippen LogP contribution in [-0.2, 0) is 37.1 Å². The maximum absolute atomic E-state index is 12.8. The minimum Gasteiger partial charge on any atom is -0.244 e. The Morgan fingerprint density at radius 3 is 0.395 bits per heavy atom. The van der Waals surface area contributed by atoms with Gasteiger partial charge in [-0.3, -0.25) is 0 Å². The Morgan fingerprint density at radius 1 is 0.158 bits per heavy atom. The molecule has 0 fully saturated rings. The summed E-state index contributed by atoms with van der Waals surface area (Å²) in [5.74, 6) is 0. The van der Waals surface area contributed by atoms with Crippen molar-refractivity contribution >= 4 is 165 Å². The monoisotopic (exact) mass is 1790 g/mol. The van der Waals surface area contributed by atoms with Crippen LogP contribution in [0, 0.1) is 0 Å². The van der Waals surface area contributed by atoms with Crippen molar-refractivity contribution in [1.29, 1.82) is 0 Å². The highest BCUT2D eigenvalue weighted by atomic mass is 32.1. The van der Waals surface area contributed by atoms with Crippen molar-refractivity contribution in [3.8, 4) is 123 Å². The number of thiazole rings is 12. The zero-order chi connectivity index (χ0) is 80.0. The molecule has 0 radical (unpaired) electrons. The molecule has 0 spiro atoms. The third-order valence-electron chi connectivity index (χ3n) is 16.0. The van der Waals surface area contributed by atoms with Crippen molar-refractivity contribution in [3.63, 3.8) is 0 Å². The van der Waals surface area contributed by atoms with Gasteiger partial charge in [0, 0.05) is 70.6 Å². The topological polar surface area (TPSA) is 155 Å². The summed E-state index contributed by atoms with van der Waals surface area (Å²) in [6, 6.07) is 29.1. The largest absolute Gasteiger partial charge is 0.416 e. The Bertz CT molecular complexity index is 5370. The van der Waals surface area contributed by atoms with Gasteiger partial charge in [-0.15, -0.1) is 68.0 Å². The summed E-state index contributed by atoms with van der Waals surface area (Å²) in [6.45, 7) is 0. The Labute approximate surface area is 674 Å². The normalized spacial score (nSPS) is 12.5. The van der Waals surface area contributed by atoms with Gasteiger partial charge in [-0.05, 0) is 72.8 Å². The predicted octanol–water partition coefficient (Wildman–Crippen LogP) is 28.1. The quantitative estimate of drug-likeness (QED) is 0.107. The lowest BCUT2D eigenvalue weighted by Gasteiger charge is -2.06. The lowest BCUT2D eigenvalue weighted by atomic mass is 10.1. The summed E-state index contributed by atoms with van der Waals surface area (Å²) >= 11 is 16.2. The van der Waals surface area contributed by atoms with Crippen LogP contribution >= 0.6 is 136 Å². The van der Waals surface area contributed by atoms with Crippen LogP contribution in [0.2, 0.25) is 0 Å². The van der Waals surface area contributed by atoms with Crippen LogP contribution in [0.3, 0.4) is 0 Å². The molecule has 12 aromatic heterocycles. The van der Waals surface area contributed by atoms with Crippen molar-refractivity contribution < 1.29 is 79.0 Å². The average molecular weight is 1790 g/mol. The first-order chi connectivity index (χ1) is 54.1. The highest BCUT2D eigenvalue weighted by Crippen LogP contribution is 2.48. The van der Waals surface area contributed by atoms with Crippen LogP contribution < -0.4 is 0 Å². The van der Waals surface area contributed by atoms with Gasteiger partial charge in [-0.2, -0.15) is 79.0 Å². The standard InChI is InChI=1S/3C24H10F6N4S4/c3*25-23(26,27)13-5-1-11(2-6-13)17-31-9-15(35-17)19-33-21-22(37-19)34-20(38-21)16-10-32-18(36-16)12-3-7-14(8-4-12)24(28,29)30/h3*1-10H. The van der Waals surface area contributed by atoms with E-state index in [1.165, 1.54) is 209 Å². The van der Waals surface area contributed by atoms with E-state index in [9.17, 15) is 79.0 Å². The van der Waals surface area contributed by atoms with E-state index in [0.717, 1.165) is 102 Å². The Balaban J connectivity index is 0.000000129. The van der Waals surface area contributed by atoms with Crippen molar-refractivity contribution in [1.82, 2.24) is 59.8 Å². The van der Waals surface area contributed by atoms with Gasteiger partial charge < -0.3 is 0 Å². The maximum atomic E-state index is 12.8. The Morgan fingerprint density at radius 2 is 0.281 bits per heavy atom. The Hall–Kier alpha value is -9.60. The van der Waals surface area contributed by atoms with Crippen LogP contribution in [0.25, 0.3) is 152 Å². The molecule has 12 nitrogen and oxygen atoms in total. The second-order valence-corrected chi connectivity index (χ2v) is 35.6. The minimum atomic E-state index is -4.39. The fourth-order valence-electron chi connectivity index (χ4n) is 10.4. The predicted molar refractivity (Wildman–Crippen MR) is 415 cm³/mol. The van der Waals surface area contributed by atoms with Crippen LogP contribution in [0.15, 0.2) is 183 Å². The summed E-state index contributed by atoms with van der Waals surface area (Å²) in [4.78, 5) is 62.9. The smallest absolute Gasteiger partial charge is 0.244 e. The third-order valence-corrected chi connectivity index (χ3v) is 29.4. The van der Waals surface area contributed by atoms with E-state index in [1.54, 1.807) is 37.2 Å². The summed E-state index contributed by atoms with van der Waals surface area (Å²) in [6.07, 6.45) is -16.5. The number of halogens is 18. The number of nitrogens with zero attached hydrogens (tertiary/aromatic N) is 12. The van der Waals surface area contributed by atoms with Gasteiger partial charge in [0.05, 0.1) is 62.6 Å². The first kappa shape index (κ1) is 78.3. The zero-order valence-electron chi connectivity index (χ0n) is 55.4. The molecule has 0 saturated carbocycles. The molecule has 0 bridgehead atoms. The minimum absolute atomic E-state index is 0.585. The van der Waals surface area contributed by atoms with Gasteiger partial charge in [0.25, 0.3) is 0 Å². The van der Waals surface area contributed by atoms with E-state index in [-0.39, 0.29) is 0 Å². The third kappa shape index (κ3) is 17.1. The second-order valence-electron chi connectivity index (χ2n) is 23.6. The summed E-state index contributed by atoms with van der Waals surface area (Å²) in [7, 11) is 0. The summed E-state index contributed by atoms with van der Waals surface area (Å²) < 4.78 is 231. The summed E-state index contributed by atoms with van der Waals surface area (Å²) in [5, 5.41) is 7.73. The van der Waals surface area contributed by atoms with E-state index in [4.69, 9.17) is 0 Å². The lowest BCUT2D eigenvalue weighted by Crippen LogP contribution is -2.03. The van der Waals surface area contributed by atoms with Crippen LogP contribution in [0.1, 0.15) is 33.4 Å². The number of hydrogen-bond donors (Lipinski definition) is 0. The molecule has 576 valence electrons. The van der Waals surface area contributed by atoms with Crippen molar-refractivity contribution in [2.24, 2.45) is 0 Å². The molecular weight excluding hydrogens is 1760 g/mol. The lowest BCUT2D eigenvalue weighted by molar-refractivity contribution is -0.138. The van der Waals surface area contributed by atoms with Crippen LogP contribution in [0.4, 0.5) is 79.0 Å². The number of hydrogen-bond acceptors (Lipinski definition) is 24. The van der Waals surface area contributed by atoms with Gasteiger partial charge in [0.15, 0.2) is 29.0 Å². The molecule has 6 aromatic carbocycles. The van der Waals surface area contributed by atoms with Gasteiger partial charge >= 0.3 is 37.1 Å². The molecule has 0 aliphatic carbocycles. The number of alkyl halides is 18. The Kier molecular flexibility index (Phi) is 21.0. The van der Waals surface area contributed by atoms with Crippen molar-refractivity contribution in [3.05, 3.63) is 216 Å². The molecule has 18 rings (SSSR count). The molecule has 0 aliphatic heterocycles. The maximum Gasteiger partial charge on any atom is 0.416 e. The zero-order valence-corrected chi connectivity index (χ0v) is 65.2. The molecule has 0 unspecified atom stereocenters. The highest BCUT2D eigenvalue weighted by molar-refractivity contribution is 7.34. The van der Waals surface area contributed by atoms with E-state index in [0.29, 0.717) is 122 Å². The molecule has 114 heavy (non-hydrogen) atoms. The molecule has 0 saturated heterocycles. The van der Waals surface area contributed by atoms with Gasteiger partial charge in [-0.1, -0.05) is 141 Å². The molecule has 0 N–H and O–H groups in total. The van der Waals surface area contributed by atoms with E-state index in [1.807, 2.05) is 0 Å². The van der Waals surface area contributed by atoms with Crippen LogP contribution in [0.5, 0.6) is 0 Å². The van der Waals surface area contributed by atoms with Gasteiger partial charge in [0.1, 0.15) is 60.1 Å². The van der Waals surface area contributed by atoms with Crippen molar-refractivity contribution in [2.45, 2.75) is 37.1 Å². The first-order valence-corrected chi connectivity index (χ1v) is 41.6. The molecule has 0 amide bonds. The summed E-state index contributed by atoms with van der Waals surface area (Å²) in [5.41, 5.74) is -0.780. The fourth-order valence-corrected chi connectivity index (χ4v) is 22.3.